The number of aliphatic imine (C=N–C) groups is 1. The van der Waals surface area contributed by atoms with Gasteiger partial charge in [-0.25, -0.2) is 0 Å². The van der Waals surface area contributed by atoms with Crippen LogP contribution in [0.5, 0.6) is 0 Å². The van der Waals surface area contributed by atoms with Crippen LogP contribution in [-0.4, -0.2) is 30.6 Å². The highest BCUT2D eigenvalue weighted by Crippen LogP contribution is 2.26. The molecule has 0 amide bonds. The number of nitrogens with zero attached hydrogens (tertiary/aromatic N) is 1. The molecule has 0 bridgehead atoms. The van der Waals surface area contributed by atoms with Crippen LogP contribution in [0, 0.1) is 11.8 Å². The molecule has 1 aliphatic rings. The van der Waals surface area contributed by atoms with Gasteiger partial charge >= 0.3 is 0 Å². The first kappa shape index (κ1) is 14.7. The standard InChI is InChI=1S/C13H27N3S/c1-11(2)10-17-8-4-7-15-13(14)16-9-12-5-3-6-12/h11-12H,3-10H2,1-2H3,(H3,14,15,16). The summed E-state index contributed by atoms with van der Waals surface area (Å²) in [6.45, 7) is 6.39. The molecule has 0 radical (unpaired) electrons. The first-order chi connectivity index (χ1) is 8.18. The summed E-state index contributed by atoms with van der Waals surface area (Å²) in [5.74, 6) is 4.69. The van der Waals surface area contributed by atoms with E-state index in [1.807, 2.05) is 11.8 Å². The van der Waals surface area contributed by atoms with Crippen molar-refractivity contribution in [3.63, 3.8) is 0 Å². The van der Waals surface area contributed by atoms with Gasteiger partial charge in [0.2, 0.25) is 0 Å². The summed E-state index contributed by atoms with van der Waals surface area (Å²) in [4.78, 5) is 4.37. The fourth-order valence-electron chi connectivity index (χ4n) is 1.67. The summed E-state index contributed by atoms with van der Waals surface area (Å²) >= 11 is 2.02. The van der Waals surface area contributed by atoms with Gasteiger partial charge in [-0.1, -0.05) is 20.3 Å². The first-order valence-electron chi connectivity index (χ1n) is 6.80. The average Bonchev–Trinajstić information content (AvgIpc) is 2.20. The summed E-state index contributed by atoms with van der Waals surface area (Å²) < 4.78 is 0. The predicted octanol–water partition coefficient (Wildman–Crippen LogP) is 2.47. The highest BCUT2D eigenvalue weighted by molar-refractivity contribution is 7.99. The van der Waals surface area contributed by atoms with Gasteiger partial charge in [0.25, 0.3) is 0 Å². The number of nitrogens with two attached hydrogens (primary N) is 1. The molecule has 0 atom stereocenters. The van der Waals surface area contributed by atoms with E-state index in [1.54, 1.807) is 0 Å². The fraction of sp³-hybridized carbons (Fsp3) is 0.923. The lowest BCUT2D eigenvalue weighted by Crippen LogP contribution is -2.33. The normalized spacial score (nSPS) is 17.2. The van der Waals surface area contributed by atoms with Crippen molar-refractivity contribution in [1.29, 1.82) is 0 Å². The van der Waals surface area contributed by atoms with Crippen LogP contribution in [0.2, 0.25) is 0 Å². The number of rotatable bonds is 8. The van der Waals surface area contributed by atoms with Gasteiger partial charge in [-0.15, -0.1) is 0 Å². The van der Waals surface area contributed by atoms with Crippen LogP contribution < -0.4 is 11.1 Å². The molecule has 0 unspecified atom stereocenters. The van der Waals surface area contributed by atoms with Gasteiger partial charge in [-0.3, -0.25) is 4.99 Å². The molecule has 3 nitrogen and oxygen atoms in total. The lowest BCUT2D eigenvalue weighted by atomic mass is 9.86. The van der Waals surface area contributed by atoms with Gasteiger partial charge in [0.05, 0.1) is 0 Å². The number of nitrogens with one attached hydrogen (secondary N) is 1. The zero-order valence-corrected chi connectivity index (χ0v) is 12.1. The predicted molar refractivity (Wildman–Crippen MR) is 78.6 cm³/mol. The molecule has 1 rings (SSSR count). The van der Waals surface area contributed by atoms with Crippen molar-refractivity contribution in [3.05, 3.63) is 0 Å². The third-order valence-electron chi connectivity index (χ3n) is 2.97. The number of hydrogen-bond acceptors (Lipinski definition) is 2. The summed E-state index contributed by atoms with van der Waals surface area (Å²) in [5, 5.41) is 3.19. The Hall–Kier alpha value is -0.380. The first-order valence-corrected chi connectivity index (χ1v) is 7.95. The van der Waals surface area contributed by atoms with E-state index >= 15 is 0 Å². The molecule has 0 aromatic heterocycles. The van der Waals surface area contributed by atoms with E-state index in [0.717, 1.165) is 31.3 Å². The molecule has 0 heterocycles. The summed E-state index contributed by atoms with van der Waals surface area (Å²) in [6, 6.07) is 0. The molecule has 3 N–H and O–H groups in total. The molecule has 0 aliphatic heterocycles. The van der Waals surface area contributed by atoms with E-state index in [2.05, 4.69) is 24.2 Å². The third kappa shape index (κ3) is 7.53. The molecular weight excluding hydrogens is 230 g/mol. The second-order valence-corrected chi connectivity index (χ2v) is 6.42. The van der Waals surface area contributed by atoms with Crippen molar-refractivity contribution in [2.24, 2.45) is 22.6 Å². The van der Waals surface area contributed by atoms with E-state index in [4.69, 9.17) is 5.73 Å². The Morgan fingerprint density at radius 3 is 2.82 bits per heavy atom. The smallest absolute Gasteiger partial charge is 0.188 e. The highest BCUT2D eigenvalue weighted by Gasteiger charge is 2.16. The molecule has 17 heavy (non-hydrogen) atoms. The summed E-state index contributed by atoms with van der Waals surface area (Å²) in [5.41, 5.74) is 5.80. The summed E-state index contributed by atoms with van der Waals surface area (Å²) in [6.07, 6.45) is 5.21. The summed E-state index contributed by atoms with van der Waals surface area (Å²) in [7, 11) is 0. The molecule has 1 fully saturated rings. The van der Waals surface area contributed by atoms with Crippen LogP contribution in [0.25, 0.3) is 0 Å². The largest absolute Gasteiger partial charge is 0.370 e. The minimum Gasteiger partial charge on any atom is -0.370 e. The Labute approximate surface area is 110 Å². The van der Waals surface area contributed by atoms with Gasteiger partial charge in [-0.2, -0.15) is 11.8 Å². The van der Waals surface area contributed by atoms with Crippen LogP contribution in [0.1, 0.15) is 39.5 Å². The van der Waals surface area contributed by atoms with Gasteiger partial charge in [0, 0.05) is 13.1 Å². The molecule has 0 aromatic rings. The van der Waals surface area contributed by atoms with Gasteiger partial charge < -0.3 is 11.1 Å². The van der Waals surface area contributed by atoms with Crippen LogP contribution in [0.15, 0.2) is 4.99 Å². The maximum absolute atomic E-state index is 5.80. The lowest BCUT2D eigenvalue weighted by Gasteiger charge is -2.23. The van der Waals surface area contributed by atoms with Crippen LogP contribution >= 0.6 is 11.8 Å². The molecule has 1 saturated carbocycles. The second-order valence-electron chi connectivity index (χ2n) is 5.27. The maximum atomic E-state index is 5.80. The van der Waals surface area contributed by atoms with E-state index in [-0.39, 0.29) is 0 Å². The Bertz CT molecular complexity index is 225. The van der Waals surface area contributed by atoms with Gasteiger partial charge in [0.1, 0.15) is 0 Å². The zero-order valence-electron chi connectivity index (χ0n) is 11.2. The van der Waals surface area contributed by atoms with Crippen molar-refractivity contribution in [2.75, 3.05) is 24.6 Å². The van der Waals surface area contributed by atoms with Crippen molar-refractivity contribution in [3.8, 4) is 0 Å². The van der Waals surface area contributed by atoms with E-state index in [9.17, 15) is 0 Å². The Morgan fingerprint density at radius 2 is 2.24 bits per heavy atom. The van der Waals surface area contributed by atoms with Crippen LogP contribution in [0.3, 0.4) is 0 Å². The van der Waals surface area contributed by atoms with Crippen molar-refractivity contribution >= 4 is 17.7 Å². The van der Waals surface area contributed by atoms with Crippen molar-refractivity contribution in [1.82, 2.24) is 5.32 Å². The Morgan fingerprint density at radius 1 is 1.47 bits per heavy atom. The quantitative estimate of drug-likeness (QED) is 0.399. The van der Waals surface area contributed by atoms with Crippen LogP contribution in [-0.2, 0) is 0 Å². The highest BCUT2D eigenvalue weighted by atomic mass is 32.2. The average molecular weight is 257 g/mol. The minimum absolute atomic E-state index is 0.630. The molecule has 0 saturated heterocycles. The molecule has 0 spiro atoms. The van der Waals surface area contributed by atoms with Crippen molar-refractivity contribution in [2.45, 2.75) is 39.5 Å². The Kier molecular flexibility index (Phi) is 7.49. The van der Waals surface area contributed by atoms with E-state index < -0.39 is 0 Å². The third-order valence-corrected chi connectivity index (χ3v) is 4.45. The number of thioether (sulfide) groups is 1. The number of guanidine groups is 1. The zero-order chi connectivity index (χ0) is 12.5. The van der Waals surface area contributed by atoms with E-state index in [0.29, 0.717) is 5.96 Å². The monoisotopic (exact) mass is 257 g/mol. The maximum Gasteiger partial charge on any atom is 0.188 e. The second kappa shape index (κ2) is 8.67. The molecule has 4 heteroatoms. The Balaban J connectivity index is 1.90. The molecule has 1 aliphatic carbocycles. The molecule has 0 aromatic carbocycles. The molecule has 100 valence electrons. The van der Waals surface area contributed by atoms with Gasteiger partial charge in [0.15, 0.2) is 5.96 Å². The molecular formula is C13H27N3S. The van der Waals surface area contributed by atoms with Gasteiger partial charge in [-0.05, 0) is 42.6 Å². The van der Waals surface area contributed by atoms with Crippen molar-refractivity contribution < 1.29 is 0 Å². The number of hydrogen-bond donors (Lipinski definition) is 2. The fourth-order valence-corrected chi connectivity index (χ4v) is 2.65. The topological polar surface area (TPSA) is 50.4 Å². The van der Waals surface area contributed by atoms with Crippen LogP contribution in [0.4, 0.5) is 0 Å². The minimum atomic E-state index is 0.630. The lowest BCUT2D eigenvalue weighted by molar-refractivity contribution is 0.326. The SMILES string of the molecule is CC(C)CSCCCNC(N)=NCC1CCC1. The van der Waals surface area contributed by atoms with E-state index in [1.165, 1.54) is 30.8 Å².